The minimum atomic E-state index is -2.57. The Balaban J connectivity index is 1.53. The summed E-state index contributed by atoms with van der Waals surface area (Å²) in [5, 5.41) is 8.81. The molecule has 0 atom stereocenters. The van der Waals surface area contributed by atoms with E-state index in [-0.39, 0.29) is 18.1 Å². The number of rotatable bonds is 7. The first-order chi connectivity index (χ1) is 18.8. The van der Waals surface area contributed by atoms with Gasteiger partial charge in [-0.25, -0.2) is 30.4 Å². The van der Waals surface area contributed by atoms with Crippen LogP contribution in [-0.2, 0) is 11.3 Å². The molecule has 5 rings (SSSR count). The van der Waals surface area contributed by atoms with Gasteiger partial charge in [-0.05, 0) is 12.1 Å². The quantitative estimate of drug-likeness (QED) is 0.279. The average Bonchev–Trinajstić information content (AvgIpc) is 3.38. The summed E-state index contributed by atoms with van der Waals surface area (Å²) in [5.74, 6) is 0.803. The largest absolute Gasteiger partial charge is 0.481 e. The van der Waals surface area contributed by atoms with Gasteiger partial charge in [0.05, 0.1) is 42.6 Å². The molecule has 13 heteroatoms. The van der Waals surface area contributed by atoms with Crippen molar-refractivity contribution in [3.05, 3.63) is 47.2 Å². The van der Waals surface area contributed by atoms with E-state index >= 15 is 0 Å². The average molecular weight is 512 g/mol. The zero-order valence-electron chi connectivity index (χ0n) is 22.2. The third-order valence-electron chi connectivity index (χ3n) is 5.48. The molecule has 5 heterocycles. The fraction of sp³-hybridized carbons (Fsp3) is 0.304. The molecule has 0 radical (unpaired) electrons. The van der Waals surface area contributed by atoms with Crippen molar-refractivity contribution < 1.29 is 23.6 Å². The lowest BCUT2D eigenvalue weighted by molar-refractivity contribution is 0.0705. The molecule has 1 aliphatic heterocycles. The fourth-order valence-electron chi connectivity index (χ4n) is 3.66. The van der Waals surface area contributed by atoms with Crippen LogP contribution in [0.1, 0.15) is 19.3 Å². The number of aromatic nitrogens is 5. The van der Waals surface area contributed by atoms with E-state index in [0.29, 0.717) is 54.0 Å². The Morgan fingerprint density at radius 2 is 2.06 bits per heavy atom. The van der Waals surface area contributed by atoms with Gasteiger partial charge in [-0.3, -0.25) is 10.0 Å². The molecule has 0 bridgehead atoms. The number of nitrogens with zero attached hydrogens (tertiary/aromatic N) is 7. The molecule has 36 heavy (non-hydrogen) atoms. The number of hydroxylamine groups is 1. The first-order valence-electron chi connectivity index (χ1n) is 12.4. The Morgan fingerprint density at radius 3 is 2.72 bits per heavy atom. The molecule has 0 aliphatic carbocycles. The number of fused-ring (bicyclic) bond motifs is 1. The summed E-state index contributed by atoms with van der Waals surface area (Å²) in [6, 6.07) is 5.40. The monoisotopic (exact) mass is 511 g/mol. The molecule has 0 spiro atoms. The molecule has 0 saturated carbocycles. The van der Waals surface area contributed by atoms with Crippen LogP contribution in [0, 0.1) is 0 Å². The number of carbonyl (C=O) groups excluding carboxylic acids is 1. The highest BCUT2D eigenvalue weighted by molar-refractivity contribution is 7.19. The summed E-state index contributed by atoms with van der Waals surface area (Å²) >= 11 is 1.39. The van der Waals surface area contributed by atoms with Crippen molar-refractivity contribution in [3.63, 3.8) is 0 Å². The minimum Gasteiger partial charge on any atom is -0.481 e. The third-order valence-corrected chi connectivity index (χ3v) is 6.58. The van der Waals surface area contributed by atoms with Crippen molar-refractivity contribution in [1.29, 1.82) is 0 Å². The molecule has 1 amide bonds. The number of hydrogen-bond donors (Lipinski definition) is 2. The predicted molar refractivity (Wildman–Crippen MR) is 134 cm³/mol. The summed E-state index contributed by atoms with van der Waals surface area (Å²) in [6.07, 6.45) is 3.94. The maximum absolute atomic E-state index is 11.6. The Morgan fingerprint density at radius 1 is 1.25 bits per heavy atom. The molecule has 1 fully saturated rings. The van der Waals surface area contributed by atoms with Gasteiger partial charge in [-0.15, -0.1) is 11.3 Å². The fourth-order valence-corrected chi connectivity index (χ4v) is 4.76. The van der Waals surface area contributed by atoms with Crippen LogP contribution in [-0.4, -0.2) is 76.4 Å². The lowest BCUT2D eigenvalue weighted by Gasteiger charge is -2.28. The standard InChI is InChI=1S/C23H24N8O4S/c1-30(23-25-11-15(12-26-23)22(32)29-33)13-16-9-17-19(36-16)21(31-5-7-35-8-6-31)28-20(27-17)14-3-4-18(34-2)24-10-14/h3-4,9-12,33H,5-8,13H2,1-2H3,(H,29,32)/i1D3. The number of nitrogens with one attached hydrogen (secondary N) is 1. The number of anilines is 2. The van der Waals surface area contributed by atoms with Crippen molar-refractivity contribution in [3.8, 4) is 17.3 Å². The number of thiophene rings is 1. The molecule has 0 aromatic carbocycles. The predicted octanol–water partition coefficient (Wildman–Crippen LogP) is 2.14. The lowest BCUT2D eigenvalue weighted by atomic mass is 10.2. The molecule has 1 aliphatic rings. The zero-order valence-corrected chi connectivity index (χ0v) is 20.0. The van der Waals surface area contributed by atoms with Crippen LogP contribution in [0.4, 0.5) is 11.8 Å². The van der Waals surface area contributed by atoms with Crippen LogP contribution in [0.5, 0.6) is 5.88 Å². The van der Waals surface area contributed by atoms with Gasteiger partial charge in [0, 0.05) is 59.3 Å². The summed E-state index contributed by atoms with van der Waals surface area (Å²) in [4.78, 5) is 37.5. The lowest BCUT2D eigenvalue weighted by Crippen LogP contribution is -2.36. The number of methoxy groups -OCH3 is 1. The highest BCUT2D eigenvalue weighted by Gasteiger charge is 2.21. The van der Waals surface area contributed by atoms with E-state index in [4.69, 9.17) is 28.8 Å². The van der Waals surface area contributed by atoms with E-state index < -0.39 is 12.9 Å². The molecular weight excluding hydrogens is 484 g/mol. The van der Waals surface area contributed by atoms with Gasteiger partial charge < -0.3 is 19.3 Å². The second-order valence-corrected chi connectivity index (χ2v) is 8.92. The van der Waals surface area contributed by atoms with Gasteiger partial charge in [0.15, 0.2) is 11.6 Å². The molecule has 4 aromatic heterocycles. The number of morpholine rings is 1. The second kappa shape index (κ2) is 10.4. The first-order valence-corrected chi connectivity index (χ1v) is 11.8. The topological polar surface area (TPSA) is 139 Å². The third kappa shape index (κ3) is 4.89. The van der Waals surface area contributed by atoms with Crippen LogP contribution in [0.15, 0.2) is 36.8 Å². The van der Waals surface area contributed by atoms with Crippen LogP contribution >= 0.6 is 11.3 Å². The zero-order chi connectivity index (χ0) is 27.6. The molecular formula is C23H24N8O4S. The molecule has 2 N–H and O–H groups in total. The van der Waals surface area contributed by atoms with Crippen molar-refractivity contribution >= 4 is 39.2 Å². The summed E-state index contributed by atoms with van der Waals surface area (Å²) in [5.41, 5.74) is 2.86. The number of hydrogen-bond acceptors (Lipinski definition) is 12. The molecule has 4 aromatic rings. The maximum Gasteiger partial charge on any atom is 0.277 e. The maximum atomic E-state index is 11.6. The van der Waals surface area contributed by atoms with Gasteiger partial charge in [-0.1, -0.05) is 0 Å². The Hall–Kier alpha value is -3.94. The Kier molecular flexibility index (Phi) is 5.83. The van der Waals surface area contributed by atoms with Crippen LogP contribution in [0.2, 0.25) is 0 Å². The van der Waals surface area contributed by atoms with Crippen LogP contribution in [0.25, 0.3) is 21.6 Å². The van der Waals surface area contributed by atoms with Gasteiger partial charge in [0.25, 0.3) is 5.91 Å². The minimum absolute atomic E-state index is 0.0143. The van der Waals surface area contributed by atoms with E-state index in [1.165, 1.54) is 16.8 Å². The number of pyridine rings is 1. The highest BCUT2D eigenvalue weighted by Crippen LogP contribution is 2.35. The van der Waals surface area contributed by atoms with Crippen LogP contribution in [0.3, 0.4) is 0 Å². The van der Waals surface area contributed by atoms with Gasteiger partial charge in [0.2, 0.25) is 11.8 Å². The van der Waals surface area contributed by atoms with Crippen LogP contribution < -0.4 is 20.0 Å². The summed E-state index contributed by atoms with van der Waals surface area (Å²) in [6.45, 7) is -0.166. The van der Waals surface area contributed by atoms with Crippen molar-refractivity contribution in [2.75, 3.05) is 50.2 Å². The molecule has 1 saturated heterocycles. The molecule has 186 valence electrons. The normalized spacial score (nSPS) is 15.2. The molecule has 0 unspecified atom stereocenters. The van der Waals surface area contributed by atoms with E-state index in [1.54, 1.807) is 19.4 Å². The molecule has 12 nitrogen and oxygen atoms in total. The summed E-state index contributed by atoms with van der Waals surface area (Å²) < 4.78 is 35.7. The number of carbonyl (C=O) groups is 1. The van der Waals surface area contributed by atoms with E-state index in [9.17, 15) is 4.79 Å². The Labute approximate surface area is 214 Å². The second-order valence-electron chi connectivity index (χ2n) is 7.79. The van der Waals surface area contributed by atoms with E-state index in [1.807, 2.05) is 12.1 Å². The van der Waals surface area contributed by atoms with Crippen molar-refractivity contribution in [1.82, 2.24) is 30.4 Å². The van der Waals surface area contributed by atoms with Gasteiger partial charge in [0.1, 0.15) is 0 Å². The number of amides is 1. The van der Waals surface area contributed by atoms with E-state index in [2.05, 4.69) is 19.9 Å². The smallest absolute Gasteiger partial charge is 0.277 e. The SMILES string of the molecule is [2H]C([2H])([2H])N(Cc1cc2nc(-c3ccc(OC)nc3)nc(N3CCOCC3)c2s1)c1ncc(C(=O)NO)cn1. The highest BCUT2D eigenvalue weighted by atomic mass is 32.1. The summed E-state index contributed by atoms with van der Waals surface area (Å²) in [7, 11) is 1.54. The van der Waals surface area contributed by atoms with Gasteiger partial charge >= 0.3 is 0 Å². The Bertz CT molecular complexity index is 1460. The first kappa shape index (κ1) is 20.3. The van der Waals surface area contributed by atoms with Crippen molar-refractivity contribution in [2.45, 2.75) is 6.54 Å². The van der Waals surface area contributed by atoms with E-state index in [0.717, 1.165) is 27.8 Å². The number of ether oxygens (including phenoxy) is 2. The van der Waals surface area contributed by atoms with Gasteiger partial charge in [-0.2, -0.15) is 0 Å². The van der Waals surface area contributed by atoms with Crippen molar-refractivity contribution in [2.24, 2.45) is 0 Å².